The Balaban J connectivity index is 1.44. The molecule has 0 radical (unpaired) electrons. The van der Waals surface area contributed by atoms with Gasteiger partial charge in [0.15, 0.2) is 0 Å². The predicted octanol–water partition coefficient (Wildman–Crippen LogP) is 3.59. The summed E-state index contributed by atoms with van der Waals surface area (Å²) < 4.78 is 0. The molecule has 4 rings (SSSR count). The van der Waals surface area contributed by atoms with Crippen molar-refractivity contribution in [3.63, 3.8) is 0 Å². The number of carbonyl (C=O) groups is 2. The van der Waals surface area contributed by atoms with Gasteiger partial charge in [-0.25, -0.2) is 0 Å². The molecule has 0 saturated carbocycles. The number of rotatable bonds is 5. The Morgan fingerprint density at radius 2 is 1.97 bits per heavy atom. The van der Waals surface area contributed by atoms with Crippen LogP contribution >= 0.6 is 11.6 Å². The third kappa shape index (κ3) is 4.67. The van der Waals surface area contributed by atoms with Gasteiger partial charge in [-0.15, -0.1) is 0 Å². The Morgan fingerprint density at radius 3 is 2.70 bits per heavy atom. The van der Waals surface area contributed by atoms with Gasteiger partial charge in [-0.05, 0) is 48.0 Å². The van der Waals surface area contributed by atoms with E-state index in [1.54, 1.807) is 30.5 Å². The molecule has 2 heterocycles. The van der Waals surface area contributed by atoms with Crippen molar-refractivity contribution in [3.8, 4) is 11.3 Å². The lowest BCUT2D eigenvalue weighted by atomic mass is 10.1. The molecule has 0 aliphatic carbocycles. The number of anilines is 1. The third-order valence-electron chi connectivity index (χ3n) is 4.94. The molecule has 30 heavy (non-hydrogen) atoms. The highest BCUT2D eigenvalue weighted by Gasteiger charge is 2.17. The quantitative estimate of drug-likeness (QED) is 0.661. The molecule has 1 fully saturated rings. The van der Waals surface area contributed by atoms with Crippen LogP contribution in [0, 0.1) is 0 Å². The van der Waals surface area contributed by atoms with Crippen molar-refractivity contribution in [3.05, 3.63) is 83.0 Å². The minimum atomic E-state index is -0.214. The molecular weight excluding hydrogens is 400 g/mol. The van der Waals surface area contributed by atoms with Crippen LogP contribution < -0.4 is 10.6 Å². The SMILES string of the molecule is O=C(Nc1ccc(Cl)c(-c2ccccn2)c1)c1ccc(CN2CCNCC2=O)cc1. The zero-order valence-electron chi connectivity index (χ0n) is 16.3. The van der Waals surface area contributed by atoms with E-state index in [0.717, 1.165) is 23.4 Å². The molecule has 2 amide bonds. The normalized spacial score (nSPS) is 13.9. The van der Waals surface area contributed by atoms with Gasteiger partial charge in [-0.1, -0.05) is 29.8 Å². The second kappa shape index (κ2) is 9.07. The lowest BCUT2D eigenvalue weighted by Gasteiger charge is -2.27. The van der Waals surface area contributed by atoms with Crippen molar-refractivity contribution < 1.29 is 9.59 Å². The molecule has 6 nitrogen and oxygen atoms in total. The van der Waals surface area contributed by atoms with Crippen LogP contribution in [-0.4, -0.2) is 41.3 Å². The van der Waals surface area contributed by atoms with Crippen molar-refractivity contribution in [2.45, 2.75) is 6.54 Å². The molecule has 0 unspecified atom stereocenters. The number of amides is 2. The average Bonchev–Trinajstić information content (AvgIpc) is 2.78. The van der Waals surface area contributed by atoms with E-state index >= 15 is 0 Å². The second-order valence-corrected chi connectivity index (χ2v) is 7.46. The molecule has 2 aromatic carbocycles. The molecular formula is C23H21ClN4O2. The first-order valence-corrected chi connectivity index (χ1v) is 10.1. The molecule has 152 valence electrons. The van der Waals surface area contributed by atoms with E-state index in [-0.39, 0.29) is 11.8 Å². The second-order valence-electron chi connectivity index (χ2n) is 7.05. The summed E-state index contributed by atoms with van der Waals surface area (Å²) in [6.45, 7) is 2.42. The number of aromatic nitrogens is 1. The maximum absolute atomic E-state index is 12.7. The van der Waals surface area contributed by atoms with E-state index in [4.69, 9.17) is 11.6 Å². The highest BCUT2D eigenvalue weighted by atomic mass is 35.5. The molecule has 0 atom stereocenters. The van der Waals surface area contributed by atoms with E-state index in [1.807, 2.05) is 41.3 Å². The predicted molar refractivity (Wildman–Crippen MR) is 117 cm³/mol. The molecule has 1 aliphatic heterocycles. The van der Waals surface area contributed by atoms with E-state index < -0.39 is 0 Å². The van der Waals surface area contributed by atoms with E-state index in [0.29, 0.717) is 35.9 Å². The highest BCUT2D eigenvalue weighted by molar-refractivity contribution is 6.33. The maximum Gasteiger partial charge on any atom is 0.255 e. The maximum atomic E-state index is 12.7. The number of nitrogens with zero attached hydrogens (tertiary/aromatic N) is 2. The molecule has 3 aromatic rings. The number of benzene rings is 2. The largest absolute Gasteiger partial charge is 0.336 e. The van der Waals surface area contributed by atoms with Crippen molar-refractivity contribution in [2.24, 2.45) is 0 Å². The Bertz CT molecular complexity index is 1050. The molecule has 1 aromatic heterocycles. The van der Waals surface area contributed by atoms with Crippen LogP contribution in [0.5, 0.6) is 0 Å². The minimum absolute atomic E-state index is 0.0921. The van der Waals surface area contributed by atoms with Gasteiger partial charge in [0.05, 0.1) is 17.3 Å². The van der Waals surface area contributed by atoms with E-state index in [9.17, 15) is 9.59 Å². The standard InChI is InChI=1S/C23H21ClN4O2/c24-20-9-8-18(13-19(20)21-3-1-2-10-26-21)27-23(30)17-6-4-16(5-7-17)15-28-12-11-25-14-22(28)29/h1-10,13,25H,11-12,14-15H2,(H,27,30). The van der Waals surface area contributed by atoms with Crippen molar-refractivity contribution in [1.82, 2.24) is 15.2 Å². The molecule has 1 saturated heterocycles. The summed E-state index contributed by atoms with van der Waals surface area (Å²) in [7, 11) is 0. The van der Waals surface area contributed by atoms with Gasteiger partial charge in [-0.2, -0.15) is 0 Å². The fourth-order valence-electron chi connectivity index (χ4n) is 3.32. The summed E-state index contributed by atoms with van der Waals surface area (Å²) in [6, 6.07) is 18.2. The van der Waals surface area contributed by atoms with Crippen LogP contribution in [0.15, 0.2) is 66.9 Å². The van der Waals surface area contributed by atoms with Gasteiger partial charge in [0, 0.05) is 42.6 Å². The number of nitrogens with one attached hydrogen (secondary N) is 2. The smallest absolute Gasteiger partial charge is 0.255 e. The molecule has 0 bridgehead atoms. The molecule has 7 heteroatoms. The van der Waals surface area contributed by atoms with Gasteiger partial charge in [0.25, 0.3) is 5.91 Å². The Morgan fingerprint density at radius 1 is 1.13 bits per heavy atom. The zero-order valence-corrected chi connectivity index (χ0v) is 17.0. The number of halogens is 1. The van der Waals surface area contributed by atoms with Gasteiger partial charge in [-0.3, -0.25) is 14.6 Å². The fraction of sp³-hybridized carbons (Fsp3) is 0.174. The summed E-state index contributed by atoms with van der Waals surface area (Å²) in [5.74, 6) is -0.122. The summed E-state index contributed by atoms with van der Waals surface area (Å²) in [5, 5.41) is 6.53. The van der Waals surface area contributed by atoms with Crippen molar-refractivity contribution in [2.75, 3.05) is 25.0 Å². The topological polar surface area (TPSA) is 74.3 Å². The Hall–Kier alpha value is -3.22. The van der Waals surface area contributed by atoms with Crippen LogP contribution in [0.4, 0.5) is 5.69 Å². The van der Waals surface area contributed by atoms with Crippen LogP contribution in [0.25, 0.3) is 11.3 Å². The van der Waals surface area contributed by atoms with E-state index in [2.05, 4.69) is 15.6 Å². The third-order valence-corrected chi connectivity index (χ3v) is 5.27. The van der Waals surface area contributed by atoms with Crippen LogP contribution in [0.2, 0.25) is 5.02 Å². The van der Waals surface area contributed by atoms with E-state index in [1.165, 1.54) is 0 Å². The first-order chi connectivity index (χ1) is 14.6. The molecule has 0 spiro atoms. The minimum Gasteiger partial charge on any atom is -0.336 e. The van der Waals surface area contributed by atoms with Crippen molar-refractivity contribution >= 4 is 29.1 Å². The van der Waals surface area contributed by atoms with Gasteiger partial charge in [0.1, 0.15) is 0 Å². The van der Waals surface area contributed by atoms with Gasteiger partial charge in [0.2, 0.25) is 5.91 Å². The zero-order chi connectivity index (χ0) is 20.9. The molecule has 2 N–H and O–H groups in total. The van der Waals surface area contributed by atoms with Crippen LogP contribution in [0.1, 0.15) is 15.9 Å². The van der Waals surface area contributed by atoms with Crippen molar-refractivity contribution in [1.29, 1.82) is 0 Å². The number of carbonyl (C=O) groups excluding carboxylic acids is 2. The Kier molecular flexibility index (Phi) is 6.07. The first-order valence-electron chi connectivity index (χ1n) is 9.70. The number of hydrogen-bond donors (Lipinski definition) is 2. The van der Waals surface area contributed by atoms with Crippen LogP contribution in [-0.2, 0) is 11.3 Å². The summed E-state index contributed by atoms with van der Waals surface area (Å²) in [6.07, 6.45) is 1.70. The number of hydrogen-bond acceptors (Lipinski definition) is 4. The van der Waals surface area contributed by atoms with Crippen LogP contribution in [0.3, 0.4) is 0 Å². The van der Waals surface area contributed by atoms with Gasteiger partial charge < -0.3 is 15.5 Å². The highest BCUT2D eigenvalue weighted by Crippen LogP contribution is 2.29. The number of piperazine rings is 1. The average molecular weight is 421 g/mol. The first kappa shape index (κ1) is 20.1. The fourth-order valence-corrected chi connectivity index (χ4v) is 3.53. The monoisotopic (exact) mass is 420 g/mol. The summed E-state index contributed by atoms with van der Waals surface area (Å²) in [5.41, 5.74) is 3.67. The van der Waals surface area contributed by atoms with Gasteiger partial charge >= 0.3 is 0 Å². The summed E-state index contributed by atoms with van der Waals surface area (Å²) >= 11 is 6.31. The lowest BCUT2D eigenvalue weighted by molar-refractivity contribution is -0.132. The number of pyridine rings is 1. The molecule has 1 aliphatic rings. The lowest BCUT2D eigenvalue weighted by Crippen LogP contribution is -2.47. The Labute approximate surface area is 179 Å². The summed E-state index contributed by atoms with van der Waals surface area (Å²) in [4.78, 5) is 30.7.